The van der Waals surface area contributed by atoms with Crippen molar-refractivity contribution in [3.05, 3.63) is 59.5 Å². The highest BCUT2D eigenvalue weighted by molar-refractivity contribution is 7.19. The van der Waals surface area contributed by atoms with E-state index in [1.54, 1.807) is 6.20 Å². The normalized spacial score (nSPS) is 15.7. The van der Waals surface area contributed by atoms with Gasteiger partial charge in [-0.3, -0.25) is 20.2 Å². The van der Waals surface area contributed by atoms with Gasteiger partial charge in [0.2, 0.25) is 5.91 Å². The van der Waals surface area contributed by atoms with Crippen LogP contribution in [0.4, 0.5) is 20.0 Å². The van der Waals surface area contributed by atoms with Crippen LogP contribution in [-0.2, 0) is 4.79 Å². The van der Waals surface area contributed by atoms with E-state index in [0.717, 1.165) is 46.5 Å². The van der Waals surface area contributed by atoms with Crippen LogP contribution in [0, 0.1) is 5.82 Å². The number of hydrogen-bond acceptors (Lipinski definition) is 8. The summed E-state index contributed by atoms with van der Waals surface area (Å²) in [5.41, 5.74) is 1.91. The largest absolute Gasteiger partial charge is 0.504 e. The highest BCUT2D eigenvalue weighted by atomic mass is 32.1. The van der Waals surface area contributed by atoms with Crippen molar-refractivity contribution in [3.8, 4) is 16.2 Å². The maximum Gasteiger partial charge on any atom is 0.344 e. The van der Waals surface area contributed by atoms with E-state index in [9.17, 15) is 23.9 Å². The van der Waals surface area contributed by atoms with Crippen LogP contribution in [0.1, 0.15) is 28.8 Å². The number of urea groups is 1. The summed E-state index contributed by atoms with van der Waals surface area (Å²) in [5, 5.41) is 19.6. The van der Waals surface area contributed by atoms with Gasteiger partial charge in [0.05, 0.1) is 11.1 Å². The molecule has 0 atom stereocenters. The molecule has 0 spiro atoms. The molecule has 2 saturated heterocycles. The third kappa shape index (κ3) is 4.89. The Morgan fingerprint density at radius 3 is 2.78 bits per heavy atom. The van der Waals surface area contributed by atoms with Gasteiger partial charge in [-0.2, -0.15) is 5.10 Å². The number of hydrazone groups is 1. The van der Waals surface area contributed by atoms with Crippen molar-refractivity contribution in [2.24, 2.45) is 5.10 Å². The van der Waals surface area contributed by atoms with E-state index in [-0.39, 0.29) is 17.7 Å². The molecule has 0 bridgehead atoms. The predicted octanol–water partition coefficient (Wildman–Crippen LogP) is 3.39. The van der Waals surface area contributed by atoms with Crippen molar-refractivity contribution in [1.82, 2.24) is 15.3 Å². The van der Waals surface area contributed by atoms with Crippen molar-refractivity contribution in [3.63, 3.8) is 0 Å². The lowest BCUT2D eigenvalue weighted by Gasteiger charge is -2.18. The Bertz CT molecular complexity index is 1380. The summed E-state index contributed by atoms with van der Waals surface area (Å²) in [6.45, 7) is 1.77. The first-order valence-electron chi connectivity index (χ1n) is 11.2. The van der Waals surface area contributed by atoms with Crippen molar-refractivity contribution in [1.29, 1.82) is 0 Å². The molecule has 3 heterocycles. The summed E-state index contributed by atoms with van der Waals surface area (Å²) in [6, 6.07) is 9.52. The molecule has 3 N–H and O–H groups in total. The zero-order valence-electron chi connectivity index (χ0n) is 18.9. The summed E-state index contributed by atoms with van der Waals surface area (Å²) < 4.78 is 14.3. The van der Waals surface area contributed by atoms with Crippen LogP contribution >= 0.6 is 11.3 Å². The number of carbonyl (C=O) groups excluding carboxylic acids is 3. The van der Waals surface area contributed by atoms with Gasteiger partial charge in [-0.05, 0) is 42.7 Å². The Balaban J connectivity index is 1.31. The molecule has 0 radical (unpaired) electrons. The lowest BCUT2D eigenvalue weighted by atomic mass is 10.1. The smallest absolute Gasteiger partial charge is 0.344 e. The van der Waals surface area contributed by atoms with Gasteiger partial charge in [0.25, 0.3) is 5.91 Å². The van der Waals surface area contributed by atoms with Gasteiger partial charge >= 0.3 is 6.03 Å². The average Bonchev–Trinajstić information content (AvgIpc) is 3.62. The minimum Gasteiger partial charge on any atom is -0.504 e. The van der Waals surface area contributed by atoms with Crippen LogP contribution < -0.4 is 15.5 Å². The first-order valence-corrected chi connectivity index (χ1v) is 12.0. The fourth-order valence-electron chi connectivity index (χ4n) is 3.97. The first-order chi connectivity index (χ1) is 17.4. The Morgan fingerprint density at radius 2 is 2.03 bits per heavy atom. The topological polar surface area (TPSA) is 127 Å². The molecular weight excluding hydrogens is 487 g/mol. The second kappa shape index (κ2) is 9.74. The molecule has 2 aliphatic rings. The number of phenols is 1. The second-order valence-electron chi connectivity index (χ2n) is 8.28. The Labute approximate surface area is 209 Å². The standard InChI is InChI=1S/C24H21FN6O4S/c25-18-10-15(8-16(21(18)33)11-27-31-13-20(32)28-24(31)35)22(34)29-23-26-12-19(36-23)14-4-3-5-17(9-14)30-6-1-2-7-30/h3-5,8-12,33H,1-2,6-7,13H2,(H,26,29,34)(H,28,32,35). The maximum atomic E-state index is 14.3. The van der Waals surface area contributed by atoms with Gasteiger partial charge in [-0.15, -0.1) is 0 Å². The summed E-state index contributed by atoms with van der Waals surface area (Å²) in [5.74, 6) is -2.95. The number of carbonyl (C=O) groups is 3. The average molecular weight is 509 g/mol. The van der Waals surface area contributed by atoms with Crippen LogP contribution in [0.25, 0.3) is 10.4 Å². The van der Waals surface area contributed by atoms with E-state index in [4.69, 9.17) is 0 Å². The summed E-state index contributed by atoms with van der Waals surface area (Å²) >= 11 is 1.29. The number of phenolic OH excluding ortho intramolecular Hbond substituents is 1. The Hall–Kier alpha value is -4.32. The number of nitrogens with one attached hydrogen (secondary N) is 2. The number of rotatable bonds is 6. The van der Waals surface area contributed by atoms with E-state index >= 15 is 0 Å². The highest BCUT2D eigenvalue weighted by Gasteiger charge is 2.26. The third-order valence-corrected chi connectivity index (χ3v) is 6.76. The molecule has 36 heavy (non-hydrogen) atoms. The van der Waals surface area contributed by atoms with Gasteiger partial charge < -0.3 is 10.0 Å². The maximum absolute atomic E-state index is 14.3. The molecule has 0 aliphatic carbocycles. The minimum absolute atomic E-state index is 0.0820. The van der Waals surface area contributed by atoms with Gasteiger partial charge in [0.15, 0.2) is 16.7 Å². The van der Waals surface area contributed by atoms with Crippen molar-refractivity contribution in [2.75, 3.05) is 29.9 Å². The number of halogens is 1. The van der Waals surface area contributed by atoms with E-state index in [0.29, 0.717) is 5.13 Å². The quantitative estimate of drug-likeness (QED) is 0.346. The lowest BCUT2D eigenvalue weighted by molar-refractivity contribution is -0.118. The molecule has 5 rings (SSSR count). The molecule has 1 aromatic heterocycles. The second-order valence-corrected chi connectivity index (χ2v) is 9.31. The molecule has 2 aliphatic heterocycles. The lowest BCUT2D eigenvalue weighted by Crippen LogP contribution is -2.24. The van der Waals surface area contributed by atoms with Crippen LogP contribution in [0.5, 0.6) is 5.75 Å². The number of anilines is 2. The Morgan fingerprint density at radius 1 is 1.22 bits per heavy atom. The minimum atomic E-state index is -1.04. The monoisotopic (exact) mass is 508 g/mol. The van der Waals surface area contributed by atoms with Crippen LogP contribution in [0.3, 0.4) is 0 Å². The number of thiazole rings is 1. The number of imide groups is 1. The summed E-state index contributed by atoms with van der Waals surface area (Å²) in [7, 11) is 0. The zero-order valence-corrected chi connectivity index (χ0v) is 19.7. The summed E-state index contributed by atoms with van der Waals surface area (Å²) in [6.07, 6.45) is 5.03. The first kappa shape index (κ1) is 23.4. The zero-order chi connectivity index (χ0) is 25.2. The molecule has 10 nitrogen and oxygen atoms in total. The fraction of sp³-hybridized carbons (Fsp3) is 0.208. The van der Waals surface area contributed by atoms with Crippen LogP contribution in [-0.4, -0.2) is 58.8 Å². The third-order valence-electron chi connectivity index (χ3n) is 5.79. The van der Waals surface area contributed by atoms with Crippen LogP contribution in [0.15, 0.2) is 47.7 Å². The van der Waals surface area contributed by atoms with E-state index in [2.05, 4.69) is 32.4 Å². The van der Waals surface area contributed by atoms with Crippen molar-refractivity contribution in [2.45, 2.75) is 12.8 Å². The van der Waals surface area contributed by atoms with E-state index in [1.165, 1.54) is 30.2 Å². The summed E-state index contributed by atoms with van der Waals surface area (Å²) in [4.78, 5) is 43.1. The van der Waals surface area contributed by atoms with Gasteiger partial charge in [0, 0.05) is 36.1 Å². The highest BCUT2D eigenvalue weighted by Crippen LogP contribution is 2.32. The van der Waals surface area contributed by atoms with Gasteiger partial charge in [0.1, 0.15) is 6.54 Å². The van der Waals surface area contributed by atoms with Gasteiger partial charge in [-0.25, -0.2) is 19.2 Å². The molecule has 0 unspecified atom stereocenters. The molecule has 184 valence electrons. The molecule has 3 aromatic rings. The number of amides is 4. The number of aromatic nitrogens is 1. The SMILES string of the molecule is O=C1CN(N=Cc2cc(C(=O)Nc3ncc(-c4cccc(N5CCCC5)c4)s3)cc(F)c2O)C(=O)N1. The molecular formula is C24H21FN6O4S. The van der Waals surface area contributed by atoms with E-state index in [1.807, 2.05) is 17.4 Å². The number of nitrogens with zero attached hydrogens (tertiary/aromatic N) is 4. The van der Waals surface area contributed by atoms with Crippen molar-refractivity contribution >= 4 is 46.2 Å². The van der Waals surface area contributed by atoms with Crippen molar-refractivity contribution < 1.29 is 23.9 Å². The van der Waals surface area contributed by atoms with E-state index < -0.39 is 29.4 Å². The fourth-order valence-corrected chi connectivity index (χ4v) is 4.78. The molecule has 0 saturated carbocycles. The Kier molecular flexibility index (Phi) is 6.34. The molecule has 12 heteroatoms. The number of benzene rings is 2. The predicted molar refractivity (Wildman–Crippen MR) is 133 cm³/mol. The molecule has 4 amide bonds. The van der Waals surface area contributed by atoms with Gasteiger partial charge in [-0.1, -0.05) is 23.5 Å². The number of hydrogen-bond donors (Lipinski definition) is 3. The van der Waals surface area contributed by atoms with Crippen LogP contribution in [0.2, 0.25) is 0 Å². The number of aromatic hydroxyl groups is 1. The molecule has 2 aromatic carbocycles. The molecule has 2 fully saturated rings.